The molecule has 2 aliphatic rings. The summed E-state index contributed by atoms with van der Waals surface area (Å²) in [6, 6.07) is 17.1. The Balaban J connectivity index is 1.51. The summed E-state index contributed by atoms with van der Waals surface area (Å²) in [5.41, 5.74) is -0.866. The molecule has 0 aromatic heterocycles. The summed E-state index contributed by atoms with van der Waals surface area (Å²) in [7, 11) is 0. The van der Waals surface area contributed by atoms with Crippen LogP contribution in [0.1, 0.15) is 36.8 Å². The van der Waals surface area contributed by atoms with Crippen LogP contribution in [0.3, 0.4) is 0 Å². The number of amides is 6. The third-order valence-corrected chi connectivity index (χ3v) is 5.77. The van der Waals surface area contributed by atoms with E-state index in [1.54, 1.807) is 24.3 Å². The number of imide groups is 2. The number of rotatable bonds is 7. The van der Waals surface area contributed by atoms with Crippen LogP contribution in [-0.4, -0.2) is 23.9 Å². The van der Waals surface area contributed by atoms with Crippen molar-refractivity contribution in [1.29, 1.82) is 0 Å². The number of carbonyl (C=O) groups excluding carboxylic acids is 4. The lowest BCUT2D eigenvalue weighted by atomic mass is 9.81. The molecule has 8 heteroatoms. The first-order chi connectivity index (χ1) is 14.5. The van der Waals surface area contributed by atoms with Crippen LogP contribution >= 0.6 is 0 Å². The van der Waals surface area contributed by atoms with Crippen molar-refractivity contribution in [3.63, 3.8) is 0 Å². The van der Waals surface area contributed by atoms with Gasteiger partial charge in [0.1, 0.15) is 11.1 Å². The van der Waals surface area contributed by atoms with Gasteiger partial charge in [0.05, 0.1) is 0 Å². The fraction of sp³-hybridized carbons (Fsp3) is 0.273. The lowest BCUT2D eigenvalue weighted by Crippen LogP contribution is -2.45. The molecule has 0 bridgehead atoms. The van der Waals surface area contributed by atoms with Crippen LogP contribution in [0.25, 0.3) is 0 Å². The van der Waals surface area contributed by atoms with E-state index in [2.05, 4.69) is 21.3 Å². The Hall–Kier alpha value is -3.68. The molecule has 2 heterocycles. The second-order valence-electron chi connectivity index (χ2n) is 7.57. The van der Waals surface area contributed by atoms with Crippen molar-refractivity contribution < 1.29 is 19.2 Å². The average Bonchev–Trinajstić information content (AvgIpc) is 3.21. The van der Waals surface area contributed by atoms with Gasteiger partial charge in [-0.2, -0.15) is 0 Å². The summed E-state index contributed by atoms with van der Waals surface area (Å²) in [4.78, 5) is 49.0. The molecule has 2 aromatic carbocycles. The summed E-state index contributed by atoms with van der Waals surface area (Å²) >= 11 is 0. The molecular formula is C22H22N4O4. The van der Waals surface area contributed by atoms with E-state index >= 15 is 0 Å². The van der Waals surface area contributed by atoms with E-state index in [4.69, 9.17) is 0 Å². The highest BCUT2D eigenvalue weighted by molar-refractivity contribution is 6.08. The Morgan fingerprint density at radius 1 is 0.567 bits per heavy atom. The fourth-order valence-electron chi connectivity index (χ4n) is 4.26. The minimum Gasteiger partial charge on any atom is -0.319 e. The number of unbranched alkanes of at least 4 members (excludes halogenated alkanes) is 1. The quantitative estimate of drug-likeness (QED) is 0.416. The van der Waals surface area contributed by atoms with Crippen molar-refractivity contribution in [2.24, 2.45) is 0 Å². The van der Waals surface area contributed by atoms with Gasteiger partial charge in [-0.1, -0.05) is 73.5 Å². The molecule has 0 radical (unpaired) electrons. The molecule has 4 N–H and O–H groups in total. The van der Waals surface area contributed by atoms with Crippen LogP contribution in [0, 0.1) is 0 Å². The average molecular weight is 406 g/mol. The Labute approximate surface area is 173 Å². The lowest BCUT2D eigenvalue weighted by molar-refractivity contribution is -0.125. The van der Waals surface area contributed by atoms with Gasteiger partial charge in [0.25, 0.3) is 11.8 Å². The summed E-state index contributed by atoms with van der Waals surface area (Å²) < 4.78 is 0. The van der Waals surface area contributed by atoms with Gasteiger partial charge in [-0.25, -0.2) is 9.59 Å². The maximum Gasteiger partial charge on any atom is 0.322 e. The Morgan fingerprint density at radius 3 is 1.23 bits per heavy atom. The van der Waals surface area contributed by atoms with Crippen LogP contribution in [0.2, 0.25) is 0 Å². The van der Waals surface area contributed by atoms with E-state index in [1.165, 1.54) is 0 Å². The van der Waals surface area contributed by atoms with Crippen LogP contribution in [-0.2, 0) is 20.7 Å². The largest absolute Gasteiger partial charge is 0.322 e. The highest BCUT2D eigenvalue weighted by atomic mass is 16.2. The molecule has 2 fully saturated rings. The molecule has 154 valence electrons. The monoisotopic (exact) mass is 406 g/mol. The zero-order valence-electron chi connectivity index (χ0n) is 16.2. The topological polar surface area (TPSA) is 116 Å². The van der Waals surface area contributed by atoms with Gasteiger partial charge in [-0.3, -0.25) is 20.2 Å². The van der Waals surface area contributed by atoms with Crippen molar-refractivity contribution in [2.45, 2.75) is 36.8 Å². The van der Waals surface area contributed by atoms with Crippen molar-refractivity contribution in [1.82, 2.24) is 21.3 Å². The van der Waals surface area contributed by atoms with Gasteiger partial charge in [-0.15, -0.1) is 0 Å². The number of nitrogens with one attached hydrogen (secondary N) is 4. The molecule has 0 aliphatic carbocycles. The minimum absolute atomic E-state index is 0.370. The predicted octanol–water partition coefficient (Wildman–Crippen LogP) is 2.02. The first-order valence-electron chi connectivity index (χ1n) is 9.84. The van der Waals surface area contributed by atoms with E-state index < -0.39 is 23.1 Å². The molecular weight excluding hydrogens is 384 g/mol. The van der Waals surface area contributed by atoms with Crippen molar-refractivity contribution in [3.8, 4) is 0 Å². The first-order valence-corrected chi connectivity index (χ1v) is 9.84. The Kier molecular flexibility index (Phi) is 4.99. The molecule has 0 spiro atoms. The molecule has 2 aliphatic heterocycles. The highest BCUT2D eigenvalue weighted by Crippen LogP contribution is 2.34. The highest BCUT2D eigenvalue weighted by Gasteiger charge is 2.49. The van der Waals surface area contributed by atoms with Gasteiger partial charge in [0, 0.05) is 0 Å². The molecule has 0 unspecified atom stereocenters. The van der Waals surface area contributed by atoms with E-state index in [0.717, 1.165) is 0 Å². The molecule has 2 atom stereocenters. The van der Waals surface area contributed by atoms with E-state index in [1.807, 2.05) is 36.4 Å². The van der Waals surface area contributed by atoms with E-state index in [9.17, 15) is 19.2 Å². The normalized spacial score (nSPS) is 25.5. The zero-order chi connectivity index (χ0) is 21.2. The number of benzene rings is 2. The fourth-order valence-corrected chi connectivity index (χ4v) is 4.26. The number of urea groups is 2. The molecule has 4 rings (SSSR count). The number of hydrogen-bond donors (Lipinski definition) is 4. The predicted molar refractivity (Wildman–Crippen MR) is 108 cm³/mol. The molecule has 6 amide bonds. The lowest BCUT2D eigenvalue weighted by Gasteiger charge is -2.29. The van der Waals surface area contributed by atoms with Crippen LogP contribution in [0.15, 0.2) is 60.7 Å². The molecule has 8 nitrogen and oxygen atoms in total. The van der Waals surface area contributed by atoms with Gasteiger partial charge >= 0.3 is 12.1 Å². The van der Waals surface area contributed by atoms with Crippen LogP contribution < -0.4 is 21.3 Å². The van der Waals surface area contributed by atoms with Crippen molar-refractivity contribution in [2.75, 3.05) is 0 Å². The smallest absolute Gasteiger partial charge is 0.319 e. The standard InChI is InChI=1S/C22H22N4O4/c27-17-21(25-19(29)23-17,15-9-3-1-4-10-15)13-7-8-14-22(16-11-5-2-6-12-16)18(28)24-20(30)26-22/h1-6,9-12H,7-8,13-14H2,(H2,23,25,27,29)(H2,24,26,28,30)/t21-,22+. The number of hydrogen-bond acceptors (Lipinski definition) is 4. The van der Waals surface area contributed by atoms with E-state index in [-0.39, 0.29) is 11.8 Å². The Bertz CT molecular complexity index is 913. The van der Waals surface area contributed by atoms with Crippen LogP contribution in [0.4, 0.5) is 9.59 Å². The van der Waals surface area contributed by atoms with Crippen molar-refractivity contribution >= 4 is 23.9 Å². The Morgan fingerprint density at radius 2 is 0.933 bits per heavy atom. The van der Waals surface area contributed by atoms with E-state index in [0.29, 0.717) is 36.8 Å². The summed E-state index contributed by atoms with van der Waals surface area (Å²) in [5, 5.41) is 10.2. The third kappa shape index (κ3) is 3.30. The zero-order valence-corrected chi connectivity index (χ0v) is 16.2. The number of carbonyl (C=O) groups is 4. The molecule has 30 heavy (non-hydrogen) atoms. The van der Waals surface area contributed by atoms with Gasteiger partial charge in [-0.05, 0) is 24.0 Å². The maximum absolute atomic E-state index is 12.6. The summed E-state index contributed by atoms with van der Waals surface area (Å²) in [6.07, 6.45) is 1.85. The third-order valence-electron chi connectivity index (χ3n) is 5.77. The van der Waals surface area contributed by atoms with Crippen LogP contribution in [0.5, 0.6) is 0 Å². The maximum atomic E-state index is 12.6. The van der Waals surface area contributed by atoms with Crippen molar-refractivity contribution in [3.05, 3.63) is 71.8 Å². The molecule has 0 saturated carbocycles. The molecule has 2 aromatic rings. The minimum atomic E-state index is -1.14. The second kappa shape index (κ2) is 7.62. The first kappa shape index (κ1) is 19.6. The second-order valence-corrected chi connectivity index (χ2v) is 7.57. The van der Waals surface area contributed by atoms with Gasteiger partial charge < -0.3 is 10.6 Å². The van der Waals surface area contributed by atoms with Gasteiger partial charge in [0.15, 0.2) is 0 Å². The summed E-state index contributed by atoms with van der Waals surface area (Å²) in [6.45, 7) is 0. The molecule has 2 saturated heterocycles. The summed E-state index contributed by atoms with van der Waals surface area (Å²) in [5.74, 6) is -0.772. The van der Waals surface area contributed by atoms with Gasteiger partial charge in [0.2, 0.25) is 0 Å². The SMILES string of the molecule is O=C1NC(=O)[C@@](CCCC[C@@]2(c3ccccc3)NC(=O)NC2=O)(c2ccccc2)N1.